The van der Waals surface area contributed by atoms with Crippen LogP contribution in [0.2, 0.25) is 0 Å². The lowest BCUT2D eigenvalue weighted by molar-refractivity contribution is -0.0318. The molecule has 0 aromatic rings. The zero-order chi connectivity index (χ0) is 9.40. The predicted molar refractivity (Wildman–Crippen MR) is 50.4 cm³/mol. The van der Waals surface area contributed by atoms with Crippen molar-refractivity contribution in [2.24, 2.45) is 0 Å². The number of allylic oxidation sites excluding steroid dienone is 2. The van der Waals surface area contributed by atoms with E-state index in [9.17, 15) is 0 Å². The summed E-state index contributed by atoms with van der Waals surface area (Å²) in [5.41, 5.74) is 0.839. The Morgan fingerprint density at radius 1 is 1.17 bits per heavy atom. The van der Waals surface area contributed by atoms with E-state index in [1.54, 1.807) is 24.7 Å². The molecule has 0 aromatic carbocycles. The molecule has 0 aliphatic carbocycles. The number of hydrogen-bond acceptors (Lipinski definition) is 2. The second kappa shape index (κ2) is 6.53. The van der Waals surface area contributed by atoms with Gasteiger partial charge >= 0.3 is 0 Å². The van der Waals surface area contributed by atoms with E-state index in [1.165, 1.54) is 0 Å². The van der Waals surface area contributed by atoms with E-state index in [1.807, 2.05) is 20.8 Å². The highest BCUT2D eigenvalue weighted by Gasteiger charge is 2.06. The van der Waals surface area contributed by atoms with Gasteiger partial charge in [0.15, 0.2) is 0 Å². The highest BCUT2D eigenvalue weighted by atomic mass is 16.7. The van der Waals surface area contributed by atoms with Crippen molar-refractivity contribution in [2.45, 2.75) is 27.1 Å². The van der Waals surface area contributed by atoms with Crippen LogP contribution in [0.25, 0.3) is 0 Å². The minimum atomic E-state index is -0.377. The normalized spacial score (nSPS) is 11.3. The summed E-state index contributed by atoms with van der Waals surface area (Å²) >= 11 is 0. The summed E-state index contributed by atoms with van der Waals surface area (Å²) in [6.07, 6.45) is 6.40. The molecule has 0 bridgehead atoms. The molecule has 0 atom stereocenters. The van der Waals surface area contributed by atoms with Crippen molar-refractivity contribution in [1.29, 1.82) is 0 Å². The van der Waals surface area contributed by atoms with Crippen molar-refractivity contribution in [3.05, 3.63) is 36.8 Å². The van der Waals surface area contributed by atoms with E-state index < -0.39 is 0 Å². The monoisotopic (exact) mass is 168 g/mol. The van der Waals surface area contributed by atoms with Gasteiger partial charge in [-0.25, -0.2) is 0 Å². The quantitative estimate of drug-likeness (QED) is 0.357. The van der Waals surface area contributed by atoms with Gasteiger partial charge in [-0.3, -0.25) is 0 Å². The summed E-state index contributed by atoms with van der Waals surface area (Å²) in [5, 5.41) is 0. The van der Waals surface area contributed by atoms with Crippen molar-refractivity contribution in [3.8, 4) is 0 Å². The first-order chi connectivity index (χ1) is 5.72. The Bertz CT molecular complexity index is 166. The number of rotatable bonds is 5. The smallest absolute Gasteiger partial charge is 0.261 e. The molecule has 2 nitrogen and oxygen atoms in total. The van der Waals surface area contributed by atoms with Crippen LogP contribution in [0.3, 0.4) is 0 Å². The number of ether oxygens (including phenoxy) is 2. The molecule has 0 unspecified atom stereocenters. The van der Waals surface area contributed by atoms with Gasteiger partial charge in [0.25, 0.3) is 6.29 Å². The van der Waals surface area contributed by atoms with Crippen LogP contribution in [-0.4, -0.2) is 6.29 Å². The molecule has 0 aliphatic rings. The average molecular weight is 168 g/mol. The largest absolute Gasteiger partial charge is 0.459 e. The van der Waals surface area contributed by atoms with Crippen molar-refractivity contribution in [1.82, 2.24) is 0 Å². The van der Waals surface area contributed by atoms with Crippen LogP contribution in [0, 0.1) is 0 Å². The van der Waals surface area contributed by atoms with Gasteiger partial charge in [0.05, 0.1) is 12.5 Å². The van der Waals surface area contributed by atoms with Crippen LogP contribution in [0.4, 0.5) is 0 Å². The van der Waals surface area contributed by atoms with Gasteiger partial charge in [0, 0.05) is 0 Å². The molecule has 0 saturated carbocycles. The van der Waals surface area contributed by atoms with Crippen LogP contribution in [0.15, 0.2) is 36.8 Å². The predicted octanol–water partition coefficient (Wildman–Crippen LogP) is 2.99. The third-order valence-electron chi connectivity index (χ3n) is 1.08. The van der Waals surface area contributed by atoms with E-state index in [4.69, 9.17) is 9.47 Å². The summed E-state index contributed by atoms with van der Waals surface area (Å²) in [4.78, 5) is 0. The first-order valence-electron chi connectivity index (χ1n) is 3.91. The molecule has 0 radical (unpaired) electrons. The zero-order valence-corrected chi connectivity index (χ0v) is 7.91. The Labute approximate surface area is 74.2 Å². The van der Waals surface area contributed by atoms with Crippen molar-refractivity contribution < 1.29 is 9.47 Å². The van der Waals surface area contributed by atoms with Crippen molar-refractivity contribution in [2.75, 3.05) is 0 Å². The first kappa shape index (κ1) is 10.8. The van der Waals surface area contributed by atoms with Crippen LogP contribution in [-0.2, 0) is 9.47 Å². The minimum Gasteiger partial charge on any atom is -0.459 e. The minimum absolute atomic E-state index is 0.377. The molecule has 0 aliphatic heterocycles. The van der Waals surface area contributed by atoms with Gasteiger partial charge in [-0.05, 0) is 26.3 Å². The van der Waals surface area contributed by atoms with E-state index in [2.05, 4.69) is 6.58 Å². The highest BCUT2D eigenvalue weighted by molar-refractivity contribution is 4.95. The standard InChI is InChI=1S/C10H16O2/c1-5-7-11-10(9(3)4)12-8-6-2/h5-8,10H,3H2,1-2,4H3/b7-5-,8-6-. The summed E-state index contributed by atoms with van der Waals surface area (Å²) in [6, 6.07) is 0. The molecule has 12 heavy (non-hydrogen) atoms. The molecule has 0 N–H and O–H groups in total. The number of hydrogen-bond donors (Lipinski definition) is 0. The maximum absolute atomic E-state index is 5.20. The molecule has 2 heteroatoms. The molecular formula is C10H16O2. The lowest BCUT2D eigenvalue weighted by atomic mass is 10.3. The molecule has 0 heterocycles. The van der Waals surface area contributed by atoms with E-state index in [-0.39, 0.29) is 6.29 Å². The van der Waals surface area contributed by atoms with E-state index >= 15 is 0 Å². The molecule has 0 fully saturated rings. The second-order valence-corrected chi connectivity index (χ2v) is 2.39. The first-order valence-corrected chi connectivity index (χ1v) is 3.91. The van der Waals surface area contributed by atoms with Gasteiger partial charge in [-0.2, -0.15) is 0 Å². The Balaban J connectivity index is 3.95. The van der Waals surface area contributed by atoms with Crippen LogP contribution in [0.1, 0.15) is 20.8 Å². The average Bonchev–Trinajstić information content (AvgIpc) is 2.04. The van der Waals surface area contributed by atoms with Crippen LogP contribution < -0.4 is 0 Å². The van der Waals surface area contributed by atoms with E-state index in [0.717, 1.165) is 5.57 Å². The highest BCUT2D eigenvalue weighted by Crippen LogP contribution is 2.06. The van der Waals surface area contributed by atoms with Gasteiger partial charge in [-0.15, -0.1) is 0 Å². The van der Waals surface area contributed by atoms with Gasteiger partial charge in [0.2, 0.25) is 0 Å². The third-order valence-corrected chi connectivity index (χ3v) is 1.08. The lowest BCUT2D eigenvalue weighted by Crippen LogP contribution is -2.12. The fourth-order valence-electron chi connectivity index (χ4n) is 0.564. The maximum atomic E-state index is 5.20. The molecular weight excluding hydrogens is 152 g/mol. The Morgan fingerprint density at radius 2 is 1.58 bits per heavy atom. The Morgan fingerprint density at radius 3 is 1.83 bits per heavy atom. The van der Waals surface area contributed by atoms with Crippen molar-refractivity contribution >= 4 is 0 Å². The Hall–Kier alpha value is -1.18. The van der Waals surface area contributed by atoms with Gasteiger partial charge in [0.1, 0.15) is 0 Å². The Kier molecular flexibility index (Phi) is 5.88. The summed E-state index contributed by atoms with van der Waals surface area (Å²) in [7, 11) is 0. The molecule has 0 amide bonds. The topological polar surface area (TPSA) is 18.5 Å². The lowest BCUT2D eigenvalue weighted by Gasteiger charge is -2.15. The van der Waals surface area contributed by atoms with E-state index in [0.29, 0.717) is 0 Å². The third kappa shape index (κ3) is 4.61. The molecule has 68 valence electrons. The zero-order valence-electron chi connectivity index (χ0n) is 7.91. The SMILES string of the molecule is C=C(C)C(O/C=C\C)O/C=C\C. The fourth-order valence-corrected chi connectivity index (χ4v) is 0.564. The molecule has 0 rings (SSSR count). The van der Waals surface area contributed by atoms with Gasteiger partial charge < -0.3 is 9.47 Å². The van der Waals surface area contributed by atoms with Gasteiger partial charge in [-0.1, -0.05) is 18.7 Å². The van der Waals surface area contributed by atoms with Crippen molar-refractivity contribution in [3.63, 3.8) is 0 Å². The summed E-state index contributed by atoms with van der Waals surface area (Å²) in [6.45, 7) is 9.36. The summed E-state index contributed by atoms with van der Waals surface area (Å²) < 4.78 is 10.4. The molecule has 0 saturated heterocycles. The van der Waals surface area contributed by atoms with Crippen LogP contribution in [0.5, 0.6) is 0 Å². The molecule has 0 aromatic heterocycles. The second-order valence-electron chi connectivity index (χ2n) is 2.39. The summed E-state index contributed by atoms with van der Waals surface area (Å²) in [5.74, 6) is 0. The fraction of sp³-hybridized carbons (Fsp3) is 0.400. The van der Waals surface area contributed by atoms with Crippen LogP contribution >= 0.6 is 0 Å². The molecule has 0 spiro atoms. The maximum Gasteiger partial charge on any atom is 0.261 e.